The second-order valence-electron chi connectivity index (χ2n) is 6.84. The number of carbonyl (C=O) groups excluding carboxylic acids is 1. The number of nitrogens with zero attached hydrogens (tertiary/aromatic N) is 4. The van der Waals surface area contributed by atoms with Gasteiger partial charge < -0.3 is 4.90 Å². The molecule has 6 heteroatoms. The summed E-state index contributed by atoms with van der Waals surface area (Å²) >= 11 is 0. The normalized spacial score (nSPS) is 21.4. The summed E-state index contributed by atoms with van der Waals surface area (Å²) in [5.74, 6) is 0.126. The zero-order chi connectivity index (χ0) is 15.9. The zero-order valence-corrected chi connectivity index (χ0v) is 14.1. The van der Waals surface area contributed by atoms with Crippen LogP contribution in [0.3, 0.4) is 0 Å². The summed E-state index contributed by atoms with van der Waals surface area (Å²) in [6.45, 7) is 14.5. The van der Waals surface area contributed by atoms with Gasteiger partial charge in [0.25, 0.3) is 5.91 Å². The van der Waals surface area contributed by atoms with Crippen LogP contribution >= 0.6 is 0 Å². The van der Waals surface area contributed by atoms with Crippen molar-refractivity contribution in [1.82, 2.24) is 24.9 Å². The number of carbonyl (C=O) groups is 1. The average molecular weight is 305 g/mol. The van der Waals surface area contributed by atoms with Crippen LogP contribution in [0.15, 0.2) is 0 Å². The Kier molecular flexibility index (Phi) is 4.23. The SMILES string of the molecule is Cc1n[nH]c(C)c1C(=O)N1CC(N2CCN(C(C)C)CC2)C1. The fraction of sp³-hybridized carbons (Fsp3) is 0.750. The van der Waals surface area contributed by atoms with Crippen molar-refractivity contribution >= 4 is 5.91 Å². The van der Waals surface area contributed by atoms with Gasteiger partial charge in [-0.1, -0.05) is 0 Å². The van der Waals surface area contributed by atoms with Gasteiger partial charge in [-0.2, -0.15) is 5.10 Å². The number of aromatic amines is 1. The first-order valence-electron chi connectivity index (χ1n) is 8.26. The number of hydrogen-bond acceptors (Lipinski definition) is 4. The molecule has 22 heavy (non-hydrogen) atoms. The van der Waals surface area contributed by atoms with Gasteiger partial charge in [0.05, 0.1) is 11.3 Å². The summed E-state index contributed by atoms with van der Waals surface area (Å²) in [6.07, 6.45) is 0. The number of aryl methyl sites for hydroxylation is 2. The second kappa shape index (κ2) is 6.01. The molecule has 1 N–H and O–H groups in total. The van der Waals surface area contributed by atoms with Gasteiger partial charge in [0.2, 0.25) is 0 Å². The molecule has 1 amide bonds. The van der Waals surface area contributed by atoms with E-state index in [0.29, 0.717) is 12.1 Å². The van der Waals surface area contributed by atoms with Crippen LogP contribution in [0, 0.1) is 13.8 Å². The van der Waals surface area contributed by atoms with Crippen molar-refractivity contribution in [3.05, 3.63) is 17.0 Å². The van der Waals surface area contributed by atoms with Crippen molar-refractivity contribution in [2.24, 2.45) is 0 Å². The van der Waals surface area contributed by atoms with Gasteiger partial charge in [-0.05, 0) is 27.7 Å². The number of aromatic nitrogens is 2. The van der Waals surface area contributed by atoms with Gasteiger partial charge >= 0.3 is 0 Å². The first-order chi connectivity index (χ1) is 10.5. The van der Waals surface area contributed by atoms with Crippen LogP contribution < -0.4 is 0 Å². The summed E-state index contributed by atoms with van der Waals surface area (Å²) in [6, 6.07) is 1.17. The van der Waals surface area contributed by atoms with Crippen LogP contribution in [0.2, 0.25) is 0 Å². The van der Waals surface area contributed by atoms with Gasteiger partial charge in [0.15, 0.2) is 0 Å². The summed E-state index contributed by atoms with van der Waals surface area (Å²) in [7, 11) is 0. The average Bonchev–Trinajstić information content (AvgIpc) is 2.77. The first kappa shape index (κ1) is 15.5. The van der Waals surface area contributed by atoms with Crippen molar-refractivity contribution in [2.75, 3.05) is 39.3 Å². The smallest absolute Gasteiger partial charge is 0.257 e. The maximum atomic E-state index is 12.5. The Morgan fingerprint density at radius 3 is 2.32 bits per heavy atom. The molecule has 0 saturated carbocycles. The molecule has 3 rings (SSSR count). The Hall–Kier alpha value is -1.40. The third-order valence-corrected chi connectivity index (χ3v) is 5.09. The lowest BCUT2D eigenvalue weighted by molar-refractivity contribution is 0.00310. The number of amides is 1. The van der Waals surface area contributed by atoms with Crippen molar-refractivity contribution in [3.63, 3.8) is 0 Å². The molecule has 0 radical (unpaired) electrons. The van der Waals surface area contributed by atoms with Gasteiger partial charge in [-0.3, -0.25) is 19.7 Å². The molecule has 0 spiro atoms. The minimum atomic E-state index is 0.126. The van der Waals surface area contributed by atoms with E-state index >= 15 is 0 Å². The van der Waals surface area contributed by atoms with Crippen LogP contribution in [0.1, 0.15) is 35.6 Å². The topological polar surface area (TPSA) is 55.5 Å². The molecule has 6 nitrogen and oxygen atoms in total. The van der Waals surface area contributed by atoms with E-state index in [2.05, 4.69) is 33.8 Å². The minimum absolute atomic E-state index is 0.126. The number of H-pyrrole nitrogens is 1. The molecule has 0 bridgehead atoms. The van der Waals surface area contributed by atoms with Gasteiger partial charge in [-0.15, -0.1) is 0 Å². The Balaban J connectivity index is 1.52. The number of hydrogen-bond donors (Lipinski definition) is 1. The molecule has 0 unspecified atom stereocenters. The Labute approximate surface area is 132 Å². The molecule has 2 fully saturated rings. The van der Waals surface area contributed by atoms with Crippen LogP contribution in [-0.4, -0.2) is 82.2 Å². The van der Waals surface area contributed by atoms with E-state index in [9.17, 15) is 4.79 Å². The van der Waals surface area contributed by atoms with Crippen LogP contribution in [-0.2, 0) is 0 Å². The van der Waals surface area contributed by atoms with Crippen molar-refractivity contribution in [2.45, 2.75) is 39.8 Å². The molecule has 2 aliphatic rings. The number of likely N-dealkylation sites (tertiary alicyclic amines) is 1. The molecule has 2 saturated heterocycles. The number of nitrogens with one attached hydrogen (secondary N) is 1. The van der Waals surface area contributed by atoms with E-state index in [1.54, 1.807) is 0 Å². The standard InChI is InChI=1S/C16H27N5O/c1-11(2)19-5-7-20(8-6-19)14-9-21(10-14)16(22)15-12(3)17-18-13(15)4/h11,14H,5-10H2,1-4H3,(H,17,18). The zero-order valence-electron chi connectivity index (χ0n) is 14.1. The molecular formula is C16H27N5O. The highest BCUT2D eigenvalue weighted by Crippen LogP contribution is 2.22. The predicted octanol–water partition coefficient (Wildman–Crippen LogP) is 0.877. The minimum Gasteiger partial charge on any atom is -0.335 e. The van der Waals surface area contributed by atoms with E-state index in [-0.39, 0.29) is 5.91 Å². The van der Waals surface area contributed by atoms with E-state index in [1.807, 2.05) is 18.7 Å². The van der Waals surface area contributed by atoms with Gasteiger partial charge in [0, 0.05) is 57.0 Å². The molecular weight excluding hydrogens is 278 g/mol. The third kappa shape index (κ3) is 2.77. The summed E-state index contributed by atoms with van der Waals surface area (Å²) in [5.41, 5.74) is 2.43. The predicted molar refractivity (Wildman–Crippen MR) is 86.0 cm³/mol. The van der Waals surface area contributed by atoms with E-state index in [4.69, 9.17) is 0 Å². The van der Waals surface area contributed by atoms with Crippen LogP contribution in [0.4, 0.5) is 0 Å². The molecule has 0 atom stereocenters. The Morgan fingerprint density at radius 1 is 1.18 bits per heavy atom. The van der Waals surface area contributed by atoms with Gasteiger partial charge in [-0.25, -0.2) is 0 Å². The summed E-state index contributed by atoms with van der Waals surface area (Å²) < 4.78 is 0. The van der Waals surface area contributed by atoms with Gasteiger partial charge in [0.1, 0.15) is 0 Å². The summed E-state index contributed by atoms with van der Waals surface area (Å²) in [5, 5.41) is 7.02. The molecule has 0 aliphatic carbocycles. The van der Waals surface area contributed by atoms with E-state index in [1.165, 1.54) is 0 Å². The Bertz CT molecular complexity index is 519. The molecule has 3 heterocycles. The van der Waals surface area contributed by atoms with Crippen LogP contribution in [0.5, 0.6) is 0 Å². The fourth-order valence-electron chi connectivity index (χ4n) is 3.50. The lowest BCUT2D eigenvalue weighted by Crippen LogP contribution is -2.64. The molecule has 1 aromatic heterocycles. The molecule has 0 aromatic carbocycles. The quantitative estimate of drug-likeness (QED) is 0.900. The van der Waals surface area contributed by atoms with Crippen molar-refractivity contribution in [1.29, 1.82) is 0 Å². The number of piperazine rings is 1. The number of rotatable bonds is 3. The lowest BCUT2D eigenvalue weighted by Gasteiger charge is -2.48. The fourth-order valence-corrected chi connectivity index (χ4v) is 3.50. The van der Waals surface area contributed by atoms with E-state index in [0.717, 1.165) is 56.2 Å². The maximum absolute atomic E-state index is 12.5. The third-order valence-electron chi connectivity index (χ3n) is 5.09. The largest absolute Gasteiger partial charge is 0.335 e. The Morgan fingerprint density at radius 2 is 1.82 bits per heavy atom. The lowest BCUT2D eigenvalue weighted by atomic mass is 10.0. The monoisotopic (exact) mass is 305 g/mol. The highest BCUT2D eigenvalue weighted by molar-refractivity contribution is 5.96. The second-order valence-corrected chi connectivity index (χ2v) is 6.84. The molecule has 122 valence electrons. The molecule has 2 aliphatic heterocycles. The van der Waals surface area contributed by atoms with Crippen molar-refractivity contribution < 1.29 is 4.79 Å². The van der Waals surface area contributed by atoms with E-state index < -0.39 is 0 Å². The highest BCUT2D eigenvalue weighted by atomic mass is 16.2. The summed E-state index contributed by atoms with van der Waals surface area (Å²) in [4.78, 5) is 19.6. The van der Waals surface area contributed by atoms with Crippen molar-refractivity contribution in [3.8, 4) is 0 Å². The molecule has 1 aromatic rings. The first-order valence-corrected chi connectivity index (χ1v) is 8.26. The van der Waals surface area contributed by atoms with Crippen LogP contribution in [0.25, 0.3) is 0 Å². The maximum Gasteiger partial charge on any atom is 0.257 e. The highest BCUT2D eigenvalue weighted by Gasteiger charge is 2.37.